The molecule has 2 aromatic carbocycles. The van der Waals surface area contributed by atoms with Gasteiger partial charge in [-0.2, -0.15) is 0 Å². The van der Waals surface area contributed by atoms with E-state index in [1.807, 2.05) is 24.3 Å². The molecule has 0 fully saturated rings. The topological polar surface area (TPSA) is 29.1 Å². The second kappa shape index (κ2) is 7.72. The van der Waals surface area contributed by atoms with E-state index in [0.29, 0.717) is 10.8 Å². The number of thioether (sulfide) groups is 1. The van der Waals surface area contributed by atoms with Crippen LogP contribution in [0.2, 0.25) is 5.02 Å². The summed E-state index contributed by atoms with van der Waals surface area (Å²) < 4.78 is 1.07. The van der Waals surface area contributed by atoms with Crippen molar-refractivity contribution >= 4 is 50.9 Å². The van der Waals surface area contributed by atoms with Crippen LogP contribution >= 0.6 is 39.3 Å². The van der Waals surface area contributed by atoms with Crippen molar-refractivity contribution in [2.45, 2.75) is 5.75 Å². The molecule has 1 amide bonds. The molecular formula is C15H13BrClNOS. The Hall–Kier alpha value is -0.970. The third kappa shape index (κ3) is 4.85. The van der Waals surface area contributed by atoms with Crippen LogP contribution in [0.3, 0.4) is 0 Å². The quantitative estimate of drug-likeness (QED) is 0.804. The molecule has 0 saturated heterocycles. The first-order chi connectivity index (χ1) is 9.65. The first-order valence-corrected chi connectivity index (χ1v) is 8.34. The highest BCUT2D eigenvalue weighted by atomic mass is 79.9. The molecule has 1 N–H and O–H groups in total. The summed E-state index contributed by atoms with van der Waals surface area (Å²) in [5.41, 5.74) is 1.96. The van der Waals surface area contributed by atoms with E-state index in [-0.39, 0.29) is 5.91 Å². The Morgan fingerprint density at radius 2 is 1.85 bits per heavy atom. The summed E-state index contributed by atoms with van der Waals surface area (Å²) in [4.78, 5) is 11.8. The van der Waals surface area contributed by atoms with Crippen molar-refractivity contribution in [3.05, 3.63) is 63.6 Å². The summed E-state index contributed by atoms with van der Waals surface area (Å²) in [6.45, 7) is 0. The lowest BCUT2D eigenvalue weighted by molar-refractivity contribution is -0.113. The summed E-state index contributed by atoms with van der Waals surface area (Å²) in [5, 5.41) is 3.50. The van der Waals surface area contributed by atoms with Gasteiger partial charge in [0.1, 0.15) is 0 Å². The Bertz CT molecular complexity index is 589. The van der Waals surface area contributed by atoms with Gasteiger partial charge in [-0.25, -0.2) is 0 Å². The number of nitrogens with one attached hydrogen (secondary N) is 1. The monoisotopic (exact) mass is 369 g/mol. The van der Waals surface area contributed by atoms with E-state index in [1.165, 1.54) is 5.56 Å². The molecule has 2 aromatic rings. The highest BCUT2D eigenvalue weighted by Gasteiger charge is 2.04. The number of rotatable bonds is 5. The van der Waals surface area contributed by atoms with Gasteiger partial charge in [-0.05, 0) is 35.9 Å². The van der Waals surface area contributed by atoms with Crippen molar-refractivity contribution in [1.82, 2.24) is 0 Å². The molecule has 0 unspecified atom stereocenters. The van der Waals surface area contributed by atoms with Gasteiger partial charge in [0.25, 0.3) is 0 Å². The minimum Gasteiger partial charge on any atom is -0.325 e. The van der Waals surface area contributed by atoms with E-state index < -0.39 is 0 Å². The average Bonchev–Trinajstić information content (AvgIpc) is 2.43. The zero-order valence-electron chi connectivity index (χ0n) is 10.6. The SMILES string of the molecule is O=C(CSCc1ccccc1Br)Nc1ccc(Cl)cc1. The molecule has 104 valence electrons. The maximum Gasteiger partial charge on any atom is 0.234 e. The zero-order chi connectivity index (χ0) is 14.4. The van der Waals surface area contributed by atoms with Crippen LogP contribution in [0.25, 0.3) is 0 Å². The predicted molar refractivity (Wildman–Crippen MR) is 90.4 cm³/mol. The van der Waals surface area contributed by atoms with Crippen LogP contribution in [-0.2, 0) is 10.5 Å². The number of hydrogen-bond acceptors (Lipinski definition) is 2. The third-order valence-corrected chi connectivity index (χ3v) is 4.58. The van der Waals surface area contributed by atoms with Gasteiger partial charge in [0.15, 0.2) is 0 Å². The second-order valence-corrected chi connectivity index (χ2v) is 6.42. The fourth-order valence-electron chi connectivity index (χ4n) is 1.60. The molecule has 20 heavy (non-hydrogen) atoms. The Morgan fingerprint density at radius 3 is 2.55 bits per heavy atom. The molecular weight excluding hydrogens is 358 g/mol. The van der Waals surface area contributed by atoms with Gasteiger partial charge in [-0.1, -0.05) is 45.7 Å². The molecule has 0 aliphatic rings. The molecule has 0 aliphatic heterocycles. The lowest BCUT2D eigenvalue weighted by atomic mass is 10.2. The minimum absolute atomic E-state index is 0.00984. The number of carbonyl (C=O) groups excluding carboxylic acids is 1. The summed E-state index contributed by atoms with van der Waals surface area (Å²) in [6.07, 6.45) is 0. The highest BCUT2D eigenvalue weighted by Crippen LogP contribution is 2.21. The number of benzene rings is 2. The molecule has 0 atom stereocenters. The molecule has 5 heteroatoms. The van der Waals surface area contributed by atoms with Gasteiger partial charge in [-0.15, -0.1) is 11.8 Å². The minimum atomic E-state index is -0.00984. The normalized spacial score (nSPS) is 10.3. The lowest BCUT2D eigenvalue weighted by Crippen LogP contribution is -2.14. The van der Waals surface area contributed by atoms with Gasteiger partial charge in [0.2, 0.25) is 5.91 Å². The molecule has 0 bridgehead atoms. The zero-order valence-corrected chi connectivity index (χ0v) is 13.8. The first kappa shape index (κ1) is 15.4. The Labute approximate surface area is 136 Å². The number of amides is 1. The fourth-order valence-corrected chi connectivity index (χ4v) is 3.17. The average molecular weight is 371 g/mol. The molecule has 0 heterocycles. The number of anilines is 1. The maximum absolute atomic E-state index is 11.8. The van der Waals surface area contributed by atoms with Crippen molar-refractivity contribution in [2.24, 2.45) is 0 Å². The van der Waals surface area contributed by atoms with E-state index in [0.717, 1.165) is 15.9 Å². The smallest absolute Gasteiger partial charge is 0.234 e. The molecule has 0 aliphatic carbocycles. The summed E-state index contributed by atoms with van der Waals surface area (Å²) in [6, 6.07) is 15.1. The third-order valence-electron chi connectivity index (χ3n) is 2.58. The highest BCUT2D eigenvalue weighted by molar-refractivity contribution is 9.10. The first-order valence-electron chi connectivity index (χ1n) is 6.02. The molecule has 0 aromatic heterocycles. The van der Waals surface area contributed by atoms with Gasteiger partial charge in [0.05, 0.1) is 5.75 Å². The van der Waals surface area contributed by atoms with Crippen molar-refractivity contribution in [1.29, 1.82) is 0 Å². The van der Waals surface area contributed by atoms with Crippen LogP contribution < -0.4 is 5.32 Å². The van der Waals surface area contributed by atoms with Crippen molar-refractivity contribution in [3.8, 4) is 0 Å². The Kier molecular flexibility index (Phi) is 5.95. The van der Waals surface area contributed by atoms with Gasteiger partial charge in [-0.3, -0.25) is 4.79 Å². The van der Waals surface area contributed by atoms with Gasteiger partial charge >= 0.3 is 0 Å². The van der Waals surface area contributed by atoms with Gasteiger partial charge in [0, 0.05) is 20.9 Å². The molecule has 0 saturated carbocycles. The van der Waals surface area contributed by atoms with E-state index in [1.54, 1.807) is 36.0 Å². The molecule has 0 radical (unpaired) electrons. The van der Waals surface area contributed by atoms with Crippen molar-refractivity contribution < 1.29 is 4.79 Å². The van der Waals surface area contributed by atoms with Crippen molar-refractivity contribution in [3.63, 3.8) is 0 Å². The van der Waals surface area contributed by atoms with Crippen LogP contribution in [0.15, 0.2) is 53.0 Å². The number of hydrogen-bond donors (Lipinski definition) is 1. The van der Waals surface area contributed by atoms with Crippen LogP contribution in [0, 0.1) is 0 Å². The molecule has 2 rings (SSSR count). The summed E-state index contributed by atoms with van der Waals surface area (Å²) in [7, 11) is 0. The van der Waals surface area contributed by atoms with Crippen LogP contribution in [0.4, 0.5) is 5.69 Å². The number of halogens is 2. The Balaban J connectivity index is 1.78. The Morgan fingerprint density at radius 1 is 1.15 bits per heavy atom. The van der Waals surface area contributed by atoms with Crippen molar-refractivity contribution in [2.75, 3.05) is 11.1 Å². The van der Waals surface area contributed by atoms with E-state index in [4.69, 9.17) is 11.6 Å². The predicted octanol–water partition coefficient (Wildman–Crippen LogP) is 4.97. The molecule has 2 nitrogen and oxygen atoms in total. The van der Waals surface area contributed by atoms with E-state index in [9.17, 15) is 4.79 Å². The van der Waals surface area contributed by atoms with E-state index in [2.05, 4.69) is 21.2 Å². The molecule has 0 spiro atoms. The standard InChI is InChI=1S/C15H13BrClNOS/c16-14-4-2-1-3-11(14)9-20-10-15(19)18-13-7-5-12(17)6-8-13/h1-8H,9-10H2,(H,18,19). The fraction of sp³-hybridized carbons (Fsp3) is 0.133. The summed E-state index contributed by atoms with van der Waals surface area (Å²) >= 11 is 10.9. The second-order valence-electron chi connectivity index (χ2n) is 4.14. The lowest BCUT2D eigenvalue weighted by Gasteiger charge is -2.06. The number of carbonyl (C=O) groups is 1. The van der Waals surface area contributed by atoms with Crippen LogP contribution in [-0.4, -0.2) is 11.7 Å². The maximum atomic E-state index is 11.8. The van der Waals surface area contributed by atoms with Crippen LogP contribution in [0.5, 0.6) is 0 Å². The van der Waals surface area contributed by atoms with E-state index >= 15 is 0 Å². The summed E-state index contributed by atoms with van der Waals surface area (Å²) in [5.74, 6) is 1.21. The largest absolute Gasteiger partial charge is 0.325 e. The van der Waals surface area contributed by atoms with Crippen LogP contribution in [0.1, 0.15) is 5.56 Å². The van der Waals surface area contributed by atoms with Gasteiger partial charge < -0.3 is 5.32 Å².